The highest BCUT2D eigenvalue weighted by atomic mass is 32.2. The number of halogens is 2. The van der Waals surface area contributed by atoms with Gasteiger partial charge in [-0.2, -0.15) is 0 Å². The van der Waals surface area contributed by atoms with E-state index in [0.717, 1.165) is 3.97 Å². The molecule has 0 bridgehead atoms. The smallest absolute Gasteiger partial charge is 0.408 e. The van der Waals surface area contributed by atoms with Crippen LogP contribution in [0.15, 0.2) is 43.1 Å². The average molecular weight is 472 g/mol. The second kappa shape index (κ2) is 14.2. The minimum atomic E-state index is -1.12. The van der Waals surface area contributed by atoms with Crippen molar-refractivity contribution in [2.45, 2.75) is 52.7 Å². The maximum atomic E-state index is 13.5. The Morgan fingerprint density at radius 3 is 2.41 bits per heavy atom. The monoisotopic (exact) mass is 471 g/mol. The molecule has 0 saturated heterocycles. The number of rotatable bonds is 7. The van der Waals surface area contributed by atoms with Crippen LogP contribution in [-0.2, 0) is 4.74 Å². The van der Waals surface area contributed by atoms with E-state index in [1.165, 1.54) is 12.3 Å². The van der Waals surface area contributed by atoms with Crippen LogP contribution >= 0.6 is 12.3 Å². The molecular weight excluding hydrogens is 440 g/mol. The summed E-state index contributed by atoms with van der Waals surface area (Å²) in [6.07, 6.45) is 2.55. The summed E-state index contributed by atoms with van der Waals surface area (Å²) in [6.45, 7) is 12.8. The van der Waals surface area contributed by atoms with Crippen molar-refractivity contribution in [3.8, 4) is 11.3 Å². The van der Waals surface area contributed by atoms with Gasteiger partial charge in [0.05, 0.1) is 24.5 Å². The number of aromatic carboxylic acids is 1. The Labute approximate surface area is 192 Å². The van der Waals surface area contributed by atoms with Gasteiger partial charge >= 0.3 is 12.1 Å². The fraction of sp³-hybridized carbons (Fsp3) is 0.409. The summed E-state index contributed by atoms with van der Waals surface area (Å²) in [5.41, 5.74) is -0.0293. The summed E-state index contributed by atoms with van der Waals surface area (Å²) in [7, 11) is 0.500. The fourth-order valence-electron chi connectivity index (χ4n) is 2.53. The van der Waals surface area contributed by atoms with E-state index < -0.39 is 23.7 Å². The van der Waals surface area contributed by atoms with Crippen LogP contribution in [0.3, 0.4) is 0 Å². The van der Waals surface area contributed by atoms with Gasteiger partial charge in [0.1, 0.15) is 11.4 Å². The average Bonchev–Trinajstić information content (AvgIpc) is 3.19. The molecule has 7 nitrogen and oxygen atoms in total. The predicted molar refractivity (Wildman–Crippen MR) is 124 cm³/mol. The number of nitrogens with one attached hydrogen (secondary N) is 1. The molecule has 1 heterocycles. The van der Waals surface area contributed by atoms with Crippen molar-refractivity contribution in [3.63, 3.8) is 0 Å². The molecule has 2 N–H and O–H groups in total. The molecule has 0 saturated carbocycles. The zero-order chi connectivity index (χ0) is 24.9. The van der Waals surface area contributed by atoms with Crippen LogP contribution in [0.25, 0.3) is 11.3 Å². The molecule has 1 aromatic carbocycles. The van der Waals surface area contributed by atoms with Crippen LogP contribution in [0.1, 0.15) is 63.3 Å². The molecule has 1 atom stereocenters. The van der Waals surface area contributed by atoms with Crippen molar-refractivity contribution in [1.82, 2.24) is 14.3 Å². The Balaban J connectivity index is 0.00000227. The van der Waals surface area contributed by atoms with E-state index in [2.05, 4.69) is 16.9 Å². The van der Waals surface area contributed by atoms with Crippen molar-refractivity contribution in [2.75, 3.05) is 7.18 Å². The second-order valence-corrected chi connectivity index (χ2v) is 7.48. The van der Waals surface area contributed by atoms with E-state index >= 15 is 0 Å². The molecule has 0 aliphatic heterocycles. The molecule has 1 aromatic heterocycles. The van der Waals surface area contributed by atoms with Gasteiger partial charge in [0, 0.05) is 11.8 Å². The minimum Gasteiger partial charge on any atom is -0.478 e. The molecular formula is C22H31F2N3O4S. The number of benzene rings is 1. The van der Waals surface area contributed by atoms with Gasteiger partial charge in [-0.15, -0.1) is 10.5 Å². The highest BCUT2D eigenvalue weighted by Crippen LogP contribution is 2.29. The van der Waals surface area contributed by atoms with Crippen LogP contribution in [0, 0.1) is 0 Å². The van der Waals surface area contributed by atoms with Gasteiger partial charge < -0.3 is 15.2 Å². The second-order valence-electron chi connectivity index (χ2n) is 6.95. The van der Waals surface area contributed by atoms with Gasteiger partial charge in [0.15, 0.2) is 12.3 Å². The highest BCUT2D eigenvalue weighted by molar-refractivity contribution is 7.92. The topological polar surface area (TPSA) is 93.4 Å². The third-order valence-corrected chi connectivity index (χ3v) is 4.05. The Morgan fingerprint density at radius 1 is 1.31 bits per heavy atom. The maximum Gasteiger partial charge on any atom is 0.408 e. The van der Waals surface area contributed by atoms with Crippen LogP contribution in [0.5, 0.6) is 0 Å². The van der Waals surface area contributed by atoms with Crippen molar-refractivity contribution in [1.29, 1.82) is 0 Å². The molecule has 0 spiro atoms. The Bertz CT molecular complexity index is 882. The van der Waals surface area contributed by atoms with Gasteiger partial charge in [0.25, 0.3) is 0 Å². The van der Waals surface area contributed by atoms with E-state index in [4.69, 9.17) is 4.74 Å². The molecule has 0 aliphatic rings. The van der Waals surface area contributed by atoms with Crippen LogP contribution in [-0.4, -0.2) is 38.9 Å². The Morgan fingerprint density at radius 2 is 1.91 bits per heavy atom. The number of carboxylic acid groups (broad SMARTS) is 1. The van der Waals surface area contributed by atoms with Crippen molar-refractivity contribution >= 4 is 24.4 Å². The van der Waals surface area contributed by atoms with Gasteiger partial charge in [-0.1, -0.05) is 38.1 Å². The number of carbonyl (C=O) groups excluding carboxylic acids is 1. The number of carbonyl (C=O) groups is 2. The molecule has 32 heavy (non-hydrogen) atoms. The third kappa shape index (κ3) is 8.70. The molecule has 178 valence electrons. The molecule has 0 aliphatic carbocycles. The zero-order valence-electron chi connectivity index (χ0n) is 19.2. The summed E-state index contributed by atoms with van der Waals surface area (Å²) in [5, 5.41) is 12.0. The van der Waals surface area contributed by atoms with Crippen LogP contribution in [0.4, 0.5) is 13.1 Å². The van der Waals surface area contributed by atoms with Gasteiger partial charge in [-0.05, 0) is 33.3 Å². The number of hydrogen-bond donors (Lipinski definition) is 2. The first-order valence-corrected chi connectivity index (χ1v) is 10.5. The summed E-state index contributed by atoms with van der Waals surface area (Å²) in [6, 6.07) is 5.59. The lowest BCUT2D eigenvalue weighted by molar-refractivity contribution is 0.0501. The lowest BCUT2D eigenvalue weighted by atomic mass is 10.1. The first-order chi connectivity index (χ1) is 15.2. The number of hydrogen-bond acceptors (Lipinski definition) is 5. The largest absolute Gasteiger partial charge is 0.478 e. The molecule has 2 rings (SSSR count). The number of ether oxygens (including phenoxy) is 1. The van der Waals surface area contributed by atoms with E-state index in [1.54, 1.807) is 45.0 Å². The van der Waals surface area contributed by atoms with E-state index in [9.17, 15) is 23.0 Å². The highest BCUT2D eigenvalue weighted by Gasteiger charge is 2.25. The lowest BCUT2D eigenvalue weighted by Gasteiger charge is -2.22. The molecule has 0 fully saturated rings. The van der Waals surface area contributed by atoms with Crippen molar-refractivity contribution in [3.05, 3.63) is 54.5 Å². The SMILES string of the molecule is C=CCC(NC(=O)OC(C)(C)C)c1nc(-c2ccccc2C(=O)O)cn1SF.CC.CF. The maximum absolute atomic E-state index is 13.5. The number of aromatic nitrogens is 2. The summed E-state index contributed by atoms with van der Waals surface area (Å²) >= 11 is -0.100. The predicted octanol–water partition coefficient (Wildman–Crippen LogP) is 6.38. The normalized spacial score (nSPS) is 11.1. The Kier molecular flexibility index (Phi) is 13.0. The number of nitrogens with zero attached hydrogens (tertiary/aromatic N) is 2. The van der Waals surface area contributed by atoms with Crippen molar-refractivity contribution in [2.24, 2.45) is 0 Å². The molecule has 2 aromatic rings. The van der Waals surface area contributed by atoms with Crippen LogP contribution < -0.4 is 5.32 Å². The van der Waals surface area contributed by atoms with E-state index in [0.29, 0.717) is 12.7 Å². The number of alkyl carbamates (subject to hydrolysis) is 1. The molecule has 1 unspecified atom stereocenters. The number of amides is 1. The Hall–Kier alpha value is -2.88. The summed E-state index contributed by atoms with van der Waals surface area (Å²) in [5.74, 6) is -0.914. The first-order valence-electron chi connectivity index (χ1n) is 9.85. The molecule has 1 amide bonds. The third-order valence-electron chi connectivity index (χ3n) is 3.61. The summed E-state index contributed by atoms with van der Waals surface area (Å²) < 4.78 is 29.4. The first kappa shape index (κ1) is 29.1. The van der Waals surface area contributed by atoms with Gasteiger partial charge in [0.2, 0.25) is 0 Å². The van der Waals surface area contributed by atoms with E-state index in [-0.39, 0.29) is 35.8 Å². The van der Waals surface area contributed by atoms with E-state index in [1.807, 2.05) is 13.8 Å². The summed E-state index contributed by atoms with van der Waals surface area (Å²) in [4.78, 5) is 28.0. The number of alkyl halides is 1. The molecule has 0 radical (unpaired) electrons. The minimum absolute atomic E-state index is 0.0444. The quantitative estimate of drug-likeness (QED) is 0.455. The number of carboxylic acids is 1. The van der Waals surface area contributed by atoms with Crippen LogP contribution in [0.2, 0.25) is 0 Å². The number of imidazole rings is 1. The van der Waals surface area contributed by atoms with Crippen molar-refractivity contribution < 1.29 is 27.7 Å². The standard InChI is InChI=1S/C19H22FN3O4S.C2H6.CH3F/c1-5-8-14(22-18(26)27-19(2,3)4)16-21-15(11-23(16)28-20)12-9-6-7-10-13(12)17(24)25;2*1-2/h5-7,9-11,14H,1,8H2,2-4H3,(H,22,26)(H,24,25);1-2H3;1H3. The fourth-order valence-corrected chi connectivity index (χ4v) is 2.91. The molecule has 10 heteroatoms. The van der Waals surface area contributed by atoms with Gasteiger partial charge in [-0.25, -0.2) is 18.5 Å². The zero-order valence-corrected chi connectivity index (χ0v) is 20.0. The lowest BCUT2D eigenvalue weighted by Crippen LogP contribution is -2.35. The van der Waals surface area contributed by atoms with Gasteiger partial charge in [-0.3, -0.25) is 4.39 Å².